The zero-order valence-corrected chi connectivity index (χ0v) is 13.5. The van der Waals surface area contributed by atoms with Gasteiger partial charge >= 0.3 is 12.4 Å². The second kappa shape index (κ2) is 7.17. The Kier molecular flexibility index (Phi) is 5.37. The first-order valence-electron chi connectivity index (χ1n) is 6.70. The van der Waals surface area contributed by atoms with E-state index in [1.807, 2.05) is 0 Å². The van der Waals surface area contributed by atoms with E-state index in [0.717, 1.165) is 18.2 Å². The van der Waals surface area contributed by atoms with E-state index in [4.69, 9.17) is 5.14 Å². The molecule has 0 atom stereocenters. The van der Waals surface area contributed by atoms with E-state index in [9.17, 15) is 30.8 Å². The zero-order valence-electron chi connectivity index (χ0n) is 12.7. The largest absolute Gasteiger partial charge is 0.573 e. The van der Waals surface area contributed by atoms with E-state index < -0.39 is 34.0 Å². The number of nitrogens with two attached hydrogens (primary N) is 1. The third-order valence-corrected chi connectivity index (χ3v) is 3.79. The Hall–Kier alpha value is -2.86. The number of amides is 2. The highest BCUT2D eigenvalue weighted by molar-refractivity contribution is 7.89. The Labute approximate surface area is 144 Å². The van der Waals surface area contributed by atoms with Crippen molar-refractivity contribution in [1.29, 1.82) is 0 Å². The SMILES string of the molecule is NS(=O)(=O)c1ccc(NC(=O)Nc2ccc(OC(F)(F)F)c(F)c2)cc1. The van der Waals surface area contributed by atoms with Gasteiger partial charge in [0, 0.05) is 17.4 Å². The summed E-state index contributed by atoms with van der Waals surface area (Å²) < 4.78 is 75.4. The van der Waals surface area contributed by atoms with Crippen LogP contribution in [-0.4, -0.2) is 20.8 Å². The molecule has 0 aromatic heterocycles. The predicted molar refractivity (Wildman–Crippen MR) is 83.5 cm³/mol. The molecule has 0 spiro atoms. The van der Waals surface area contributed by atoms with E-state index in [1.165, 1.54) is 12.1 Å². The normalized spacial score (nSPS) is 11.7. The van der Waals surface area contributed by atoms with Crippen LogP contribution in [-0.2, 0) is 10.0 Å². The van der Waals surface area contributed by atoms with Crippen LogP contribution in [0.1, 0.15) is 0 Å². The number of rotatable bonds is 4. The maximum absolute atomic E-state index is 13.5. The summed E-state index contributed by atoms with van der Waals surface area (Å²) in [4.78, 5) is 11.6. The van der Waals surface area contributed by atoms with Gasteiger partial charge in [0.2, 0.25) is 10.0 Å². The van der Waals surface area contributed by atoms with Crippen LogP contribution in [0, 0.1) is 5.82 Å². The predicted octanol–water partition coefficient (Wildman–Crippen LogP) is 3.02. The Morgan fingerprint density at radius 1 is 1.00 bits per heavy atom. The number of halogens is 4. The number of carbonyl (C=O) groups excluding carboxylic acids is 1. The number of anilines is 2. The van der Waals surface area contributed by atoms with Crippen LogP contribution in [0.15, 0.2) is 47.4 Å². The lowest BCUT2D eigenvalue weighted by Gasteiger charge is -2.11. The average molecular weight is 393 g/mol. The van der Waals surface area contributed by atoms with E-state index in [1.54, 1.807) is 0 Å². The molecule has 140 valence electrons. The molecular weight excluding hydrogens is 382 g/mol. The number of hydrogen-bond donors (Lipinski definition) is 3. The van der Waals surface area contributed by atoms with E-state index in [2.05, 4.69) is 15.4 Å². The molecule has 7 nitrogen and oxygen atoms in total. The second-order valence-corrected chi connectivity index (χ2v) is 6.40. The molecule has 0 saturated carbocycles. The van der Waals surface area contributed by atoms with Crippen molar-refractivity contribution in [3.63, 3.8) is 0 Å². The van der Waals surface area contributed by atoms with Gasteiger partial charge in [-0.05, 0) is 36.4 Å². The lowest BCUT2D eigenvalue weighted by molar-refractivity contribution is -0.275. The van der Waals surface area contributed by atoms with Gasteiger partial charge in [0.25, 0.3) is 0 Å². The number of primary sulfonamides is 1. The van der Waals surface area contributed by atoms with Crippen LogP contribution in [0.4, 0.5) is 33.7 Å². The lowest BCUT2D eigenvalue weighted by atomic mass is 10.3. The van der Waals surface area contributed by atoms with Crippen LogP contribution in [0.25, 0.3) is 0 Å². The van der Waals surface area contributed by atoms with Gasteiger partial charge in [-0.25, -0.2) is 22.7 Å². The summed E-state index contributed by atoms with van der Waals surface area (Å²) in [6, 6.07) is 6.37. The van der Waals surface area contributed by atoms with Gasteiger partial charge in [0.1, 0.15) is 0 Å². The molecule has 2 amide bonds. The second-order valence-electron chi connectivity index (χ2n) is 4.84. The molecule has 26 heavy (non-hydrogen) atoms. The number of carbonyl (C=O) groups is 1. The Morgan fingerprint density at radius 2 is 1.54 bits per heavy atom. The Morgan fingerprint density at radius 3 is 2.04 bits per heavy atom. The van der Waals surface area contributed by atoms with Crippen LogP contribution in [0.5, 0.6) is 5.75 Å². The number of hydrogen-bond acceptors (Lipinski definition) is 4. The molecule has 0 unspecified atom stereocenters. The highest BCUT2D eigenvalue weighted by atomic mass is 32.2. The zero-order chi connectivity index (χ0) is 19.5. The highest BCUT2D eigenvalue weighted by Crippen LogP contribution is 2.27. The summed E-state index contributed by atoms with van der Waals surface area (Å²) >= 11 is 0. The fourth-order valence-electron chi connectivity index (χ4n) is 1.81. The van der Waals surface area contributed by atoms with E-state index in [-0.39, 0.29) is 16.3 Å². The topological polar surface area (TPSA) is 111 Å². The number of sulfonamides is 1. The van der Waals surface area contributed by atoms with Crippen molar-refractivity contribution in [3.05, 3.63) is 48.3 Å². The summed E-state index contributed by atoms with van der Waals surface area (Å²) in [5.74, 6) is -2.36. The maximum Gasteiger partial charge on any atom is 0.573 e. The van der Waals surface area contributed by atoms with Crippen LogP contribution in [0.3, 0.4) is 0 Å². The minimum atomic E-state index is -5.05. The average Bonchev–Trinajstić information content (AvgIpc) is 2.48. The lowest BCUT2D eigenvalue weighted by Crippen LogP contribution is -2.20. The van der Waals surface area contributed by atoms with E-state index in [0.29, 0.717) is 12.1 Å². The molecule has 0 saturated heterocycles. The summed E-state index contributed by atoms with van der Waals surface area (Å²) in [7, 11) is -3.88. The molecule has 2 aromatic rings. The summed E-state index contributed by atoms with van der Waals surface area (Å²) in [5.41, 5.74) is 0.0723. The fraction of sp³-hybridized carbons (Fsp3) is 0.0714. The molecule has 0 aliphatic heterocycles. The van der Waals surface area contributed by atoms with Crippen LogP contribution >= 0.6 is 0 Å². The van der Waals surface area contributed by atoms with Gasteiger partial charge in [-0.3, -0.25) is 0 Å². The van der Waals surface area contributed by atoms with Crippen molar-refractivity contribution >= 4 is 27.4 Å². The Bertz CT molecular complexity index is 915. The molecule has 2 rings (SSSR count). The van der Waals surface area contributed by atoms with Gasteiger partial charge in [-0.1, -0.05) is 0 Å². The number of benzene rings is 2. The van der Waals surface area contributed by atoms with Crippen molar-refractivity contribution in [2.24, 2.45) is 5.14 Å². The van der Waals surface area contributed by atoms with Gasteiger partial charge in [-0.15, -0.1) is 13.2 Å². The monoisotopic (exact) mass is 393 g/mol. The van der Waals surface area contributed by atoms with E-state index >= 15 is 0 Å². The van der Waals surface area contributed by atoms with Crippen molar-refractivity contribution in [1.82, 2.24) is 0 Å². The first-order chi connectivity index (χ1) is 11.9. The fourth-order valence-corrected chi connectivity index (χ4v) is 2.32. The van der Waals surface area contributed by atoms with Gasteiger partial charge in [0.15, 0.2) is 11.6 Å². The first-order valence-corrected chi connectivity index (χ1v) is 8.25. The highest BCUT2D eigenvalue weighted by Gasteiger charge is 2.32. The quantitative estimate of drug-likeness (QED) is 0.694. The molecule has 0 bridgehead atoms. The molecule has 12 heteroatoms. The van der Waals surface area contributed by atoms with Crippen LogP contribution in [0.2, 0.25) is 0 Å². The van der Waals surface area contributed by atoms with Crippen molar-refractivity contribution < 1.29 is 35.5 Å². The molecule has 0 radical (unpaired) electrons. The molecule has 2 aromatic carbocycles. The number of alkyl halides is 3. The molecular formula is C14H11F4N3O4S. The summed E-state index contributed by atoms with van der Waals surface area (Å²) in [6.07, 6.45) is -5.05. The van der Waals surface area contributed by atoms with Crippen LogP contribution < -0.4 is 20.5 Å². The molecule has 0 fully saturated rings. The number of nitrogens with one attached hydrogen (secondary N) is 2. The van der Waals surface area contributed by atoms with Gasteiger partial charge in [0.05, 0.1) is 4.90 Å². The minimum absolute atomic E-state index is 0.129. The van der Waals surface area contributed by atoms with Crippen molar-refractivity contribution in [2.75, 3.05) is 10.6 Å². The molecule has 0 aliphatic rings. The minimum Gasteiger partial charge on any atom is -0.403 e. The molecule has 4 N–H and O–H groups in total. The maximum atomic E-state index is 13.5. The van der Waals surface area contributed by atoms with Crippen molar-refractivity contribution in [3.8, 4) is 5.75 Å². The number of ether oxygens (including phenoxy) is 1. The molecule has 0 heterocycles. The standard InChI is InChI=1S/C14H11F4N3O4S/c15-11-7-9(3-6-12(11)25-14(16,17)18)21-13(22)20-8-1-4-10(5-2-8)26(19,23)24/h1-7H,(H2,19,23,24)(H2,20,21,22). The summed E-state index contributed by atoms with van der Waals surface area (Å²) in [6.45, 7) is 0. The third kappa shape index (κ3) is 5.60. The smallest absolute Gasteiger partial charge is 0.403 e. The number of urea groups is 1. The first kappa shape index (κ1) is 19.5. The van der Waals surface area contributed by atoms with Gasteiger partial charge in [-0.2, -0.15) is 0 Å². The summed E-state index contributed by atoms with van der Waals surface area (Å²) in [5, 5.41) is 9.45. The molecule has 0 aliphatic carbocycles. The van der Waals surface area contributed by atoms with Crippen molar-refractivity contribution in [2.45, 2.75) is 11.3 Å². The Balaban J connectivity index is 2.02. The van der Waals surface area contributed by atoms with Gasteiger partial charge < -0.3 is 15.4 Å². The third-order valence-electron chi connectivity index (χ3n) is 2.86.